The monoisotopic (exact) mass is 358 g/mol. The first-order chi connectivity index (χ1) is 8.26. The van der Waals surface area contributed by atoms with Crippen LogP contribution in [-0.2, 0) is 0 Å². The molecule has 0 spiro atoms. The number of hydrogen-bond acceptors (Lipinski definition) is 1. The molecule has 17 heavy (non-hydrogen) atoms. The maximum absolute atomic E-state index is 2.36. The standard InChI is InChI=1S/C6H6S.3C3H7.Sn/c7-6-4-2-1-3-5-6;3*1-3-2;/h1-5,7H;3*1,3H2,2H3;/q;;;;+1/p-1. The van der Waals surface area contributed by atoms with Crippen LogP contribution in [0.5, 0.6) is 0 Å². The van der Waals surface area contributed by atoms with Crippen molar-refractivity contribution in [2.45, 2.75) is 58.2 Å². The summed E-state index contributed by atoms with van der Waals surface area (Å²) in [5.74, 6) is 0. The van der Waals surface area contributed by atoms with Crippen molar-refractivity contribution in [3.8, 4) is 0 Å². The molecule has 0 saturated carbocycles. The molecule has 0 saturated heterocycles. The molecule has 0 N–H and O–H groups in total. The molecular formula is C15H26SSn. The minimum absolute atomic E-state index is 1.38. The first kappa shape index (κ1) is 15.4. The molecule has 0 nitrogen and oxygen atoms in total. The molecule has 0 aliphatic carbocycles. The van der Waals surface area contributed by atoms with Gasteiger partial charge in [0.15, 0.2) is 0 Å². The van der Waals surface area contributed by atoms with Gasteiger partial charge in [-0.15, -0.1) is 0 Å². The molecule has 0 fully saturated rings. The minimum atomic E-state index is -1.93. The second-order valence-electron chi connectivity index (χ2n) is 4.85. The van der Waals surface area contributed by atoms with Crippen molar-refractivity contribution in [1.29, 1.82) is 0 Å². The summed E-state index contributed by atoms with van der Waals surface area (Å²) in [5.41, 5.74) is 0. The van der Waals surface area contributed by atoms with Crippen molar-refractivity contribution in [2.75, 3.05) is 0 Å². The van der Waals surface area contributed by atoms with Crippen molar-refractivity contribution in [3.63, 3.8) is 0 Å². The molecule has 0 heterocycles. The van der Waals surface area contributed by atoms with Gasteiger partial charge in [-0.2, -0.15) is 0 Å². The van der Waals surface area contributed by atoms with E-state index in [1.54, 1.807) is 13.3 Å². The average molecular weight is 357 g/mol. The molecule has 0 amide bonds. The van der Waals surface area contributed by atoms with Crippen molar-refractivity contribution in [3.05, 3.63) is 30.3 Å². The molecule has 0 bridgehead atoms. The van der Waals surface area contributed by atoms with E-state index in [1.165, 1.54) is 24.2 Å². The second kappa shape index (κ2) is 8.47. The van der Waals surface area contributed by atoms with Gasteiger partial charge in [0.05, 0.1) is 0 Å². The van der Waals surface area contributed by atoms with Gasteiger partial charge in [0.25, 0.3) is 0 Å². The van der Waals surface area contributed by atoms with E-state index < -0.39 is 17.0 Å². The third-order valence-corrected chi connectivity index (χ3v) is 26.1. The summed E-state index contributed by atoms with van der Waals surface area (Å²) in [4.78, 5) is 1.53. The molecular weight excluding hydrogens is 331 g/mol. The van der Waals surface area contributed by atoms with Gasteiger partial charge in [-0.1, -0.05) is 0 Å². The molecule has 0 aliphatic rings. The summed E-state index contributed by atoms with van der Waals surface area (Å²) in [7, 11) is 2.32. The Bertz CT molecular complexity index is 280. The molecule has 0 atom stereocenters. The molecule has 0 unspecified atom stereocenters. The summed E-state index contributed by atoms with van der Waals surface area (Å²) in [6.07, 6.45) is 4.15. The van der Waals surface area contributed by atoms with E-state index in [0.717, 1.165) is 0 Å². The van der Waals surface area contributed by atoms with E-state index >= 15 is 0 Å². The third kappa shape index (κ3) is 5.25. The molecule has 2 heteroatoms. The van der Waals surface area contributed by atoms with Gasteiger partial charge in [0, 0.05) is 0 Å². The molecule has 96 valence electrons. The summed E-state index contributed by atoms with van der Waals surface area (Å²) in [5, 5.41) is 0. The van der Waals surface area contributed by atoms with Crippen molar-refractivity contribution < 1.29 is 0 Å². The van der Waals surface area contributed by atoms with Gasteiger partial charge in [-0.05, 0) is 0 Å². The predicted molar refractivity (Wildman–Crippen MR) is 83.3 cm³/mol. The van der Waals surface area contributed by atoms with Crippen LogP contribution in [0.4, 0.5) is 0 Å². The van der Waals surface area contributed by atoms with Crippen LogP contribution >= 0.6 is 8.95 Å². The Hall–Kier alpha value is 0.369. The van der Waals surface area contributed by atoms with Crippen molar-refractivity contribution in [1.82, 2.24) is 0 Å². The Balaban J connectivity index is 2.80. The first-order valence-electron chi connectivity index (χ1n) is 7.00. The van der Waals surface area contributed by atoms with Crippen LogP contribution in [0.25, 0.3) is 0 Å². The van der Waals surface area contributed by atoms with E-state index in [1.807, 2.05) is 0 Å². The second-order valence-corrected chi connectivity index (χ2v) is 24.1. The number of benzene rings is 1. The Morgan fingerprint density at radius 2 is 1.29 bits per heavy atom. The summed E-state index contributed by atoms with van der Waals surface area (Å²) in [6.45, 7) is 7.09. The zero-order valence-corrected chi connectivity index (χ0v) is 15.2. The van der Waals surface area contributed by atoms with Crippen LogP contribution < -0.4 is 0 Å². The molecule has 1 aromatic rings. The number of hydrogen-bond donors (Lipinski definition) is 0. The Morgan fingerprint density at radius 1 is 0.824 bits per heavy atom. The Labute approximate surface area is 114 Å². The Morgan fingerprint density at radius 3 is 1.71 bits per heavy atom. The number of rotatable bonds is 8. The zero-order valence-electron chi connectivity index (χ0n) is 11.5. The fourth-order valence-electron chi connectivity index (χ4n) is 2.63. The van der Waals surface area contributed by atoms with Crippen LogP contribution in [-0.4, -0.2) is 17.0 Å². The van der Waals surface area contributed by atoms with Crippen LogP contribution in [0.1, 0.15) is 40.0 Å². The predicted octanol–water partition coefficient (Wildman–Crippen LogP) is 5.95. The fourth-order valence-corrected chi connectivity index (χ4v) is 25.9. The first-order valence-corrected chi connectivity index (χ1v) is 17.4. The fraction of sp³-hybridized carbons (Fsp3) is 0.600. The zero-order chi connectivity index (χ0) is 12.6. The average Bonchev–Trinajstić information content (AvgIpc) is 2.31. The summed E-state index contributed by atoms with van der Waals surface area (Å²) in [6, 6.07) is 11.1. The Kier molecular flexibility index (Phi) is 7.68. The summed E-state index contributed by atoms with van der Waals surface area (Å²) >= 11 is -1.93. The van der Waals surface area contributed by atoms with Crippen LogP contribution in [0.3, 0.4) is 0 Å². The van der Waals surface area contributed by atoms with Gasteiger partial charge in [0.1, 0.15) is 0 Å². The molecule has 0 radical (unpaired) electrons. The summed E-state index contributed by atoms with van der Waals surface area (Å²) < 4.78 is 4.65. The van der Waals surface area contributed by atoms with E-state index in [-0.39, 0.29) is 0 Å². The third-order valence-electron chi connectivity index (χ3n) is 3.19. The van der Waals surface area contributed by atoms with Gasteiger partial charge in [-0.3, -0.25) is 0 Å². The van der Waals surface area contributed by atoms with Crippen molar-refractivity contribution >= 4 is 25.9 Å². The maximum atomic E-state index is 2.36. The van der Waals surface area contributed by atoms with E-state index in [9.17, 15) is 0 Å². The van der Waals surface area contributed by atoms with Gasteiger partial charge >= 0.3 is 115 Å². The normalized spacial score (nSPS) is 11.7. The van der Waals surface area contributed by atoms with E-state index in [0.29, 0.717) is 0 Å². The molecule has 0 aromatic heterocycles. The molecule has 1 rings (SSSR count). The SMILES string of the molecule is CC[CH2][Sn]([CH2]CC)([CH2]CC)[S]c1ccccc1. The molecule has 1 aromatic carbocycles. The van der Waals surface area contributed by atoms with Gasteiger partial charge < -0.3 is 0 Å². The van der Waals surface area contributed by atoms with Gasteiger partial charge in [0.2, 0.25) is 0 Å². The van der Waals surface area contributed by atoms with Crippen LogP contribution in [0.15, 0.2) is 35.2 Å². The van der Waals surface area contributed by atoms with Gasteiger partial charge in [-0.25, -0.2) is 0 Å². The quantitative estimate of drug-likeness (QED) is 0.518. The van der Waals surface area contributed by atoms with E-state index in [4.69, 9.17) is 0 Å². The molecule has 0 aliphatic heterocycles. The van der Waals surface area contributed by atoms with E-state index in [2.05, 4.69) is 60.0 Å². The van der Waals surface area contributed by atoms with Crippen LogP contribution in [0.2, 0.25) is 13.3 Å². The van der Waals surface area contributed by atoms with Crippen LogP contribution in [0, 0.1) is 0 Å². The van der Waals surface area contributed by atoms with Crippen molar-refractivity contribution in [2.24, 2.45) is 0 Å². The topological polar surface area (TPSA) is 0 Å².